The third kappa shape index (κ3) is 3.98. The van der Waals surface area contributed by atoms with Crippen LogP contribution >= 0.6 is 15.9 Å². The summed E-state index contributed by atoms with van der Waals surface area (Å²) < 4.78 is 5.21. The number of amides is 1. The third-order valence-corrected chi connectivity index (χ3v) is 4.95. The molecular weight excluding hydrogens is 332 g/mol. The van der Waals surface area contributed by atoms with E-state index in [2.05, 4.69) is 47.1 Å². The molecule has 1 saturated heterocycles. The zero-order valence-corrected chi connectivity index (χ0v) is 14.5. The van der Waals surface area contributed by atoms with Crippen LogP contribution in [0.15, 0.2) is 24.3 Å². The van der Waals surface area contributed by atoms with E-state index in [-0.39, 0.29) is 11.9 Å². The van der Waals surface area contributed by atoms with Gasteiger partial charge in [0.15, 0.2) is 0 Å². The molecule has 4 nitrogen and oxygen atoms in total. The van der Waals surface area contributed by atoms with Crippen LogP contribution < -0.4 is 4.74 Å². The van der Waals surface area contributed by atoms with E-state index in [0.717, 1.165) is 24.2 Å². The lowest BCUT2D eigenvalue weighted by Gasteiger charge is -2.29. The Bertz CT molecular complexity index is 476. The number of alkyl halides is 1. The number of likely N-dealkylation sites (tertiary alicyclic amines) is 1. The summed E-state index contributed by atoms with van der Waals surface area (Å²) >= 11 is 3.48. The summed E-state index contributed by atoms with van der Waals surface area (Å²) in [6.07, 6.45) is 0.661. The van der Waals surface area contributed by atoms with E-state index in [1.807, 2.05) is 17.0 Å². The molecule has 0 aromatic heterocycles. The predicted molar refractivity (Wildman–Crippen MR) is 87.9 cm³/mol. The van der Waals surface area contributed by atoms with Crippen molar-refractivity contribution in [2.45, 2.75) is 12.5 Å². The first kappa shape index (κ1) is 16.3. The van der Waals surface area contributed by atoms with Gasteiger partial charge in [-0.1, -0.05) is 28.1 Å². The van der Waals surface area contributed by atoms with Crippen LogP contribution in [0, 0.1) is 5.92 Å². The van der Waals surface area contributed by atoms with E-state index in [9.17, 15) is 4.79 Å². The van der Waals surface area contributed by atoms with E-state index in [0.29, 0.717) is 12.3 Å². The van der Waals surface area contributed by atoms with Crippen molar-refractivity contribution in [3.63, 3.8) is 0 Å². The maximum atomic E-state index is 12.1. The molecule has 0 N–H and O–H groups in total. The number of carbonyl (C=O) groups excluding carboxylic acids is 1. The second-order valence-electron chi connectivity index (χ2n) is 5.78. The summed E-state index contributed by atoms with van der Waals surface area (Å²) in [7, 11) is 5.77. The SMILES string of the molecule is COc1ccc(C(CN2CC(CBr)CC2=O)N(C)C)cc1. The Hall–Kier alpha value is -1.07. The summed E-state index contributed by atoms with van der Waals surface area (Å²) in [5.74, 6) is 1.56. The number of rotatable bonds is 6. The van der Waals surface area contributed by atoms with Gasteiger partial charge in [0.05, 0.1) is 13.2 Å². The number of nitrogens with zero attached hydrogens (tertiary/aromatic N) is 2. The van der Waals surface area contributed by atoms with E-state index in [1.165, 1.54) is 5.56 Å². The first-order valence-electron chi connectivity index (χ1n) is 7.19. The molecule has 1 aromatic rings. The largest absolute Gasteiger partial charge is 0.497 e. The minimum atomic E-state index is 0.203. The smallest absolute Gasteiger partial charge is 0.223 e. The quantitative estimate of drug-likeness (QED) is 0.736. The molecule has 5 heteroatoms. The van der Waals surface area contributed by atoms with Crippen molar-refractivity contribution in [3.05, 3.63) is 29.8 Å². The van der Waals surface area contributed by atoms with Crippen molar-refractivity contribution in [1.82, 2.24) is 9.80 Å². The van der Waals surface area contributed by atoms with Crippen LogP contribution in [-0.4, -0.2) is 55.3 Å². The Morgan fingerprint density at radius 1 is 1.38 bits per heavy atom. The van der Waals surface area contributed by atoms with Crippen LogP contribution in [0.25, 0.3) is 0 Å². The van der Waals surface area contributed by atoms with Crippen LogP contribution in [0.1, 0.15) is 18.0 Å². The van der Waals surface area contributed by atoms with Gasteiger partial charge in [-0.2, -0.15) is 0 Å². The molecular formula is C16H23BrN2O2. The number of likely N-dealkylation sites (N-methyl/N-ethyl adjacent to an activating group) is 1. The van der Waals surface area contributed by atoms with Gasteiger partial charge in [0.2, 0.25) is 5.91 Å². The second-order valence-corrected chi connectivity index (χ2v) is 6.42. The highest BCUT2D eigenvalue weighted by Gasteiger charge is 2.31. The Morgan fingerprint density at radius 3 is 2.52 bits per heavy atom. The molecule has 116 valence electrons. The van der Waals surface area contributed by atoms with E-state index in [4.69, 9.17) is 4.74 Å². The Labute approximate surface area is 135 Å². The number of benzene rings is 1. The first-order chi connectivity index (χ1) is 10.0. The molecule has 0 bridgehead atoms. The van der Waals surface area contributed by atoms with Gasteiger partial charge < -0.3 is 14.5 Å². The standard InChI is InChI=1S/C16H23BrN2O2/c1-18(2)15(13-4-6-14(21-3)7-5-13)11-19-10-12(9-17)8-16(19)20/h4-7,12,15H,8-11H2,1-3H3. The lowest BCUT2D eigenvalue weighted by molar-refractivity contribution is -0.128. The fourth-order valence-corrected chi connectivity index (χ4v) is 3.17. The highest BCUT2D eigenvalue weighted by atomic mass is 79.9. The van der Waals surface area contributed by atoms with Crippen molar-refractivity contribution in [1.29, 1.82) is 0 Å². The molecule has 0 saturated carbocycles. The lowest BCUT2D eigenvalue weighted by atomic mass is 10.1. The Morgan fingerprint density at radius 2 is 2.05 bits per heavy atom. The van der Waals surface area contributed by atoms with Gasteiger partial charge in [0.25, 0.3) is 0 Å². The molecule has 1 aliphatic heterocycles. The van der Waals surface area contributed by atoms with Gasteiger partial charge in [-0.15, -0.1) is 0 Å². The zero-order chi connectivity index (χ0) is 15.4. The first-order valence-corrected chi connectivity index (χ1v) is 8.31. The summed E-state index contributed by atoms with van der Waals surface area (Å²) in [5, 5.41) is 0.893. The van der Waals surface area contributed by atoms with Crippen molar-refractivity contribution < 1.29 is 9.53 Å². The van der Waals surface area contributed by atoms with Crippen LogP contribution in [0.5, 0.6) is 5.75 Å². The molecule has 1 fully saturated rings. The zero-order valence-electron chi connectivity index (χ0n) is 12.9. The van der Waals surface area contributed by atoms with Gasteiger partial charge in [-0.25, -0.2) is 0 Å². The van der Waals surface area contributed by atoms with Crippen LogP contribution in [0.3, 0.4) is 0 Å². The second kappa shape index (κ2) is 7.27. The summed E-state index contributed by atoms with van der Waals surface area (Å²) in [4.78, 5) is 16.3. The van der Waals surface area contributed by atoms with Crippen LogP contribution in [0.4, 0.5) is 0 Å². The average Bonchev–Trinajstić information content (AvgIpc) is 2.85. The van der Waals surface area contributed by atoms with E-state index < -0.39 is 0 Å². The number of carbonyl (C=O) groups is 1. The van der Waals surface area contributed by atoms with Crippen molar-refractivity contribution in [3.8, 4) is 5.75 Å². The summed E-state index contributed by atoms with van der Waals surface area (Å²) in [6.45, 7) is 1.59. The molecule has 0 aliphatic carbocycles. The van der Waals surface area contributed by atoms with Gasteiger partial charge in [-0.3, -0.25) is 4.79 Å². The monoisotopic (exact) mass is 354 g/mol. The highest BCUT2D eigenvalue weighted by Crippen LogP contribution is 2.26. The molecule has 1 heterocycles. The van der Waals surface area contributed by atoms with Gasteiger partial charge in [0.1, 0.15) is 5.75 Å². The number of ether oxygens (including phenoxy) is 1. The molecule has 1 aliphatic rings. The van der Waals surface area contributed by atoms with Crippen LogP contribution in [-0.2, 0) is 4.79 Å². The average molecular weight is 355 g/mol. The minimum absolute atomic E-state index is 0.203. The Kier molecular flexibility index (Phi) is 5.65. The number of halogens is 1. The molecule has 2 unspecified atom stereocenters. The fraction of sp³-hybridized carbons (Fsp3) is 0.562. The summed E-state index contributed by atoms with van der Waals surface area (Å²) in [6, 6.07) is 8.30. The molecule has 1 aromatic carbocycles. The normalized spacial score (nSPS) is 20.1. The lowest BCUT2D eigenvalue weighted by Crippen LogP contribution is -2.35. The molecule has 1 amide bonds. The van der Waals surface area contributed by atoms with Crippen molar-refractivity contribution in [2.24, 2.45) is 5.92 Å². The third-order valence-electron chi connectivity index (χ3n) is 4.03. The van der Waals surface area contributed by atoms with Gasteiger partial charge in [0, 0.05) is 24.8 Å². The fourth-order valence-electron chi connectivity index (χ4n) is 2.74. The van der Waals surface area contributed by atoms with Gasteiger partial charge in [-0.05, 0) is 37.7 Å². The minimum Gasteiger partial charge on any atom is -0.497 e. The van der Waals surface area contributed by atoms with Crippen LogP contribution in [0.2, 0.25) is 0 Å². The molecule has 2 atom stereocenters. The molecule has 0 spiro atoms. The Balaban J connectivity index is 2.10. The van der Waals surface area contributed by atoms with Crippen molar-refractivity contribution >= 4 is 21.8 Å². The number of hydrogen-bond acceptors (Lipinski definition) is 3. The maximum absolute atomic E-state index is 12.1. The number of hydrogen-bond donors (Lipinski definition) is 0. The molecule has 21 heavy (non-hydrogen) atoms. The molecule has 0 radical (unpaired) electrons. The number of methoxy groups -OCH3 is 1. The van der Waals surface area contributed by atoms with E-state index >= 15 is 0 Å². The highest BCUT2D eigenvalue weighted by molar-refractivity contribution is 9.09. The maximum Gasteiger partial charge on any atom is 0.223 e. The summed E-state index contributed by atoms with van der Waals surface area (Å²) in [5.41, 5.74) is 1.20. The predicted octanol–water partition coefficient (Wildman–Crippen LogP) is 2.54. The van der Waals surface area contributed by atoms with Gasteiger partial charge >= 0.3 is 0 Å². The topological polar surface area (TPSA) is 32.8 Å². The van der Waals surface area contributed by atoms with E-state index in [1.54, 1.807) is 7.11 Å². The molecule has 2 rings (SSSR count). The van der Waals surface area contributed by atoms with Crippen molar-refractivity contribution in [2.75, 3.05) is 39.6 Å².